The summed E-state index contributed by atoms with van der Waals surface area (Å²) in [6.45, 7) is 0.423. The van der Waals surface area contributed by atoms with Crippen LogP contribution in [-0.4, -0.2) is 23.4 Å². The van der Waals surface area contributed by atoms with Crippen molar-refractivity contribution in [3.63, 3.8) is 0 Å². The maximum absolute atomic E-state index is 11.0. The Kier molecular flexibility index (Phi) is 4.17. The zero-order chi connectivity index (χ0) is 13.0. The van der Waals surface area contributed by atoms with Gasteiger partial charge < -0.3 is 10.5 Å². The number of primary amides is 1. The largest absolute Gasteiger partial charge is 0.492 e. The summed E-state index contributed by atoms with van der Waals surface area (Å²) >= 11 is 6.95. The van der Waals surface area contributed by atoms with Gasteiger partial charge in [-0.3, -0.25) is 4.79 Å². The fourth-order valence-corrected chi connectivity index (χ4v) is 2.34. The van der Waals surface area contributed by atoms with Gasteiger partial charge in [0.1, 0.15) is 23.1 Å². The molecule has 94 valence electrons. The minimum atomic E-state index is -0.531. The van der Waals surface area contributed by atoms with Crippen LogP contribution < -0.4 is 10.5 Å². The Balaban J connectivity index is 2.33. The Bertz CT molecular complexity index is 557. The first kappa shape index (κ1) is 12.9. The summed E-state index contributed by atoms with van der Waals surface area (Å²) in [5.74, 6) is 0.582. The number of thiazole rings is 1. The van der Waals surface area contributed by atoms with Crippen molar-refractivity contribution < 1.29 is 9.53 Å². The Morgan fingerprint density at radius 1 is 1.44 bits per heavy atom. The first-order chi connectivity index (χ1) is 8.72. The van der Waals surface area contributed by atoms with Crippen molar-refractivity contribution in [2.75, 3.05) is 12.5 Å². The Hall–Kier alpha value is -1.59. The van der Waals surface area contributed by atoms with Gasteiger partial charge in [0.15, 0.2) is 0 Å². The molecule has 0 saturated heterocycles. The average Bonchev–Trinajstić information content (AvgIpc) is 2.86. The monoisotopic (exact) mass is 282 g/mol. The number of carbonyl (C=O) groups excluding carboxylic acids is 1. The van der Waals surface area contributed by atoms with Gasteiger partial charge in [-0.05, 0) is 12.1 Å². The highest BCUT2D eigenvalue weighted by atomic mass is 35.5. The fraction of sp³-hybridized carbons (Fsp3) is 0.167. The van der Waals surface area contributed by atoms with E-state index < -0.39 is 5.91 Å². The molecule has 2 N–H and O–H groups in total. The summed E-state index contributed by atoms with van der Waals surface area (Å²) in [7, 11) is 0. The van der Waals surface area contributed by atoms with Gasteiger partial charge in [0.05, 0.1) is 11.4 Å². The molecule has 18 heavy (non-hydrogen) atoms. The molecular formula is C12H11ClN2O2S. The Morgan fingerprint density at radius 2 is 2.22 bits per heavy atom. The van der Waals surface area contributed by atoms with Gasteiger partial charge in [-0.1, -0.05) is 12.1 Å². The van der Waals surface area contributed by atoms with Gasteiger partial charge in [0.25, 0.3) is 5.91 Å². The number of carbonyl (C=O) groups is 1. The first-order valence-corrected chi connectivity index (χ1v) is 6.67. The lowest BCUT2D eigenvalue weighted by Gasteiger charge is -2.07. The van der Waals surface area contributed by atoms with Crippen molar-refractivity contribution in [2.24, 2.45) is 5.73 Å². The predicted octanol–water partition coefficient (Wildman–Crippen LogP) is 2.53. The van der Waals surface area contributed by atoms with Crippen molar-refractivity contribution >= 4 is 28.8 Å². The van der Waals surface area contributed by atoms with Gasteiger partial charge in [-0.15, -0.1) is 22.9 Å². The normalized spacial score (nSPS) is 10.3. The molecule has 0 spiro atoms. The minimum Gasteiger partial charge on any atom is -0.492 e. The molecule has 0 saturated carbocycles. The number of para-hydroxylation sites is 1. The highest BCUT2D eigenvalue weighted by molar-refractivity contribution is 7.13. The molecule has 0 aliphatic heterocycles. The molecule has 4 nitrogen and oxygen atoms in total. The fourth-order valence-electron chi connectivity index (χ4n) is 1.43. The van der Waals surface area contributed by atoms with E-state index in [1.165, 1.54) is 11.3 Å². The van der Waals surface area contributed by atoms with Gasteiger partial charge in [0, 0.05) is 5.38 Å². The van der Waals surface area contributed by atoms with Crippen molar-refractivity contribution in [1.82, 2.24) is 4.98 Å². The van der Waals surface area contributed by atoms with Crippen LogP contribution in [0.4, 0.5) is 0 Å². The number of alkyl halides is 1. The lowest BCUT2D eigenvalue weighted by molar-refractivity contribution is 0.0996. The van der Waals surface area contributed by atoms with Crippen LogP contribution in [0.3, 0.4) is 0 Å². The molecular weight excluding hydrogens is 272 g/mol. The van der Waals surface area contributed by atoms with E-state index in [2.05, 4.69) is 4.98 Å². The summed E-state index contributed by atoms with van der Waals surface area (Å²) in [6.07, 6.45) is 0. The Morgan fingerprint density at radius 3 is 2.89 bits per heavy atom. The lowest BCUT2D eigenvalue weighted by Crippen LogP contribution is -2.11. The van der Waals surface area contributed by atoms with Crippen LogP contribution in [0.5, 0.6) is 5.75 Å². The van der Waals surface area contributed by atoms with Crippen LogP contribution in [0.15, 0.2) is 29.6 Å². The topological polar surface area (TPSA) is 65.2 Å². The van der Waals surface area contributed by atoms with E-state index in [0.717, 1.165) is 5.56 Å². The molecule has 0 aliphatic carbocycles. The average molecular weight is 283 g/mol. The number of halogens is 1. The third kappa shape index (κ3) is 2.80. The van der Waals surface area contributed by atoms with Crippen LogP contribution in [-0.2, 0) is 0 Å². The molecule has 0 aliphatic rings. The number of aromatic nitrogens is 1. The first-order valence-electron chi connectivity index (χ1n) is 5.26. The molecule has 1 amide bonds. The van der Waals surface area contributed by atoms with Gasteiger partial charge >= 0.3 is 0 Å². The van der Waals surface area contributed by atoms with E-state index in [4.69, 9.17) is 22.1 Å². The maximum atomic E-state index is 11.0. The van der Waals surface area contributed by atoms with Gasteiger partial charge in [-0.2, -0.15) is 0 Å². The summed E-state index contributed by atoms with van der Waals surface area (Å²) in [4.78, 5) is 15.2. The zero-order valence-electron chi connectivity index (χ0n) is 9.43. The van der Waals surface area contributed by atoms with E-state index in [0.29, 0.717) is 23.2 Å². The second kappa shape index (κ2) is 5.84. The van der Waals surface area contributed by atoms with Crippen LogP contribution in [0.25, 0.3) is 10.6 Å². The number of benzene rings is 1. The molecule has 0 unspecified atom stereocenters. The van der Waals surface area contributed by atoms with Crippen molar-refractivity contribution in [3.05, 3.63) is 35.3 Å². The quantitative estimate of drug-likeness (QED) is 0.857. The number of hydrogen-bond acceptors (Lipinski definition) is 4. The Labute approximate surface area is 113 Å². The van der Waals surface area contributed by atoms with Gasteiger partial charge in [0.2, 0.25) is 0 Å². The van der Waals surface area contributed by atoms with Crippen molar-refractivity contribution in [1.29, 1.82) is 0 Å². The van der Waals surface area contributed by atoms with Crippen LogP contribution in [0.2, 0.25) is 0 Å². The molecule has 0 bridgehead atoms. The van der Waals surface area contributed by atoms with E-state index in [1.807, 2.05) is 24.3 Å². The number of hydrogen-bond donors (Lipinski definition) is 1. The summed E-state index contributed by atoms with van der Waals surface area (Å²) in [6, 6.07) is 7.48. The second-order valence-corrected chi connectivity index (χ2v) is 4.67. The molecule has 2 rings (SSSR count). The third-order valence-corrected chi connectivity index (χ3v) is 3.24. The molecule has 0 radical (unpaired) electrons. The third-order valence-electron chi connectivity index (χ3n) is 2.21. The number of amides is 1. The molecule has 0 atom stereocenters. The molecule has 1 aromatic heterocycles. The SMILES string of the molecule is NC(=O)c1csc(-c2ccccc2OCCCl)n1. The zero-order valence-corrected chi connectivity index (χ0v) is 11.0. The highest BCUT2D eigenvalue weighted by Gasteiger charge is 2.12. The van der Waals surface area contributed by atoms with E-state index in [9.17, 15) is 4.79 Å². The molecule has 1 aromatic carbocycles. The lowest BCUT2D eigenvalue weighted by atomic mass is 10.2. The van der Waals surface area contributed by atoms with E-state index >= 15 is 0 Å². The second-order valence-electron chi connectivity index (χ2n) is 3.44. The maximum Gasteiger partial charge on any atom is 0.268 e. The molecule has 0 fully saturated rings. The predicted molar refractivity (Wildman–Crippen MR) is 72.3 cm³/mol. The van der Waals surface area contributed by atoms with Crippen LogP contribution in [0, 0.1) is 0 Å². The standard InChI is InChI=1S/C12H11ClN2O2S/c13-5-6-17-10-4-2-1-3-8(10)12-15-9(7-18-12)11(14)16/h1-4,7H,5-6H2,(H2,14,16). The molecule has 2 aromatic rings. The number of nitrogens with zero attached hydrogens (tertiary/aromatic N) is 1. The number of nitrogens with two attached hydrogens (primary N) is 1. The minimum absolute atomic E-state index is 0.266. The van der Waals surface area contributed by atoms with Crippen molar-refractivity contribution in [2.45, 2.75) is 0 Å². The highest BCUT2D eigenvalue weighted by Crippen LogP contribution is 2.32. The van der Waals surface area contributed by atoms with Crippen molar-refractivity contribution in [3.8, 4) is 16.3 Å². The summed E-state index contributed by atoms with van der Waals surface area (Å²) in [5.41, 5.74) is 6.28. The van der Waals surface area contributed by atoms with E-state index in [-0.39, 0.29) is 5.69 Å². The number of rotatable bonds is 5. The summed E-state index contributed by atoms with van der Waals surface area (Å²) in [5, 5.41) is 2.34. The molecule has 1 heterocycles. The van der Waals surface area contributed by atoms with Gasteiger partial charge in [-0.25, -0.2) is 4.98 Å². The number of ether oxygens (including phenoxy) is 1. The smallest absolute Gasteiger partial charge is 0.268 e. The van der Waals surface area contributed by atoms with Crippen LogP contribution >= 0.6 is 22.9 Å². The summed E-state index contributed by atoms with van der Waals surface area (Å²) < 4.78 is 5.53. The van der Waals surface area contributed by atoms with Crippen LogP contribution in [0.1, 0.15) is 10.5 Å². The molecule has 6 heteroatoms. The van der Waals surface area contributed by atoms with E-state index in [1.54, 1.807) is 5.38 Å².